The number of nitrogens with one attached hydrogen (secondary N) is 1. The van der Waals surface area contributed by atoms with E-state index in [-0.39, 0.29) is 15.6 Å². The van der Waals surface area contributed by atoms with Gasteiger partial charge in [-0.2, -0.15) is 5.10 Å². The van der Waals surface area contributed by atoms with Crippen LogP contribution in [0.25, 0.3) is 0 Å². The molecule has 2 aromatic rings. The normalized spacial score (nSPS) is 11.7. The monoisotopic (exact) mass is 315 g/mol. The van der Waals surface area contributed by atoms with Crippen molar-refractivity contribution in [2.45, 2.75) is 32.9 Å². The predicted molar refractivity (Wildman–Crippen MR) is 81.0 cm³/mol. The van der Waals surface area contributed by atoms with E-state index in [1.54, 1.807) is 6.20 Å². The minimum absolute atomic E-state index is 0.0661. The van der Waals surface area contributed by atoms with Crippen LogP contribution in [0, 0.1) is 5.82 Å². The van der Waals surface area contributed by atoms with Crippen molar-refractivity contribution in [1.82, 2.24) is 9.78 Å². The lowest BCUT2D eigenvalue weighted by atomic mass is 10.1. The molecule has 0 unspecified atom stereocenters. The topological polar surface area (TPSA) is 29.9 Å². The second kappa shape index (κ2) is 5.62. The number of rotatable bonds is 3. The van der Waals surface area contributed by atoms with Crippen LogP contribution < -0.4 is 5.32 Å². The molecule has 1 N–H and O–H groups in total. The van der Waals surface area contributed by atoms with Crippen molar-refractivity contribution >= 4 is 28.9 Å². The Hall–Kier alpha value is -1.26. The molecule has 0 saturated heterocycles. The number of hydrogen-bond donors (Lipinski definition) is 1. The van der Waals surface area contributed by atoms with Crippen LogP contribution in [0.15, 0.2) is 24.5 Å². The van der Waals surface area contributed by atoms with Gasteiger partial charge in [0.05, 0.1) is 27.5 Å². The van der Waals surface area contributed by atoms with Crippen LogP contribution in [0.3, 0.4) is 0 Å². The fraction of sp³-hybridized carbons (Fsp3) is 0.357. The van der Waals surface area contributed by atoms with Crippen LogP contribution in [0.4, 0.5) is 10.1 Å². The minimum atomic E-state index is -0.453. The predicted octanol–water partition coefficient (Wildman–Crippen LogP) is 4.70. The van der Waals surface area contributed by atoms with E-state index in [2.05, 4.69) is 31.2 Å². The standard InChI is InChI=1S/C14H16Cl2FN3/c1-14(2,3)20-8-9(7-19-20)6-18-13-11(15)4-10(17)5-12(13)16/h4-5,7-8,18H,6H2,1-3H3. The van der Waals surface area contributed by atoms with Crippen molar-refractivity contribution in [2.75, 3.05) is 5.32 Å². The van der Waals surface area contributed by atoms with Gasteiger partial charge < -0.3 is 5.32 Å². The quantitative estimate of drug-likeness (QED) is 0.890. The first-order chi connectivity index (χ1) is 9.27. The summed E-state index contributed by atoms with van der Waals surface area (Å²) in [6.07, 6.45) is 3.74. The molecule has 1 aromatic heterocycles. The first-order valence-electron chi connectivity index (χ1n) is 6.20. The van der Waals surface area contributed by atoms with Crippen LogP contribution in [0.1, 0.15) is 26.3 Å². The van der Waals surface area contributed by atoms with Crippen molar-refractivity contribution in [2.24, 2.45) is 0 Å². The van der Waals surface area contributed by atoms with Crippen molar-refractivity contribution in [1.29, 1.82) is 0 Å². The van der Waals surface area contributed by atoms with Gasteiger partial charge in [0.15, 0.2) is 0 Å². The summed E-state index contributed by atoms with van der Waals surface area (Å²) in [6.45, 7) is 6.74. The number of benzene rings is 1. The molecular formula is C14H16Cl2FN3. The molecule has 3 nitrogen and oxygen atoms in total. The van der Waals surface area contributed by atoms with Gasteiger partial charge in [-0.25, -0.2) is 4.39 Å². The van der Waals surface area contributed by atoms with E-state index in [9.17, 15) is 4.39 Å². The van der Waals surface area contributed by atoms with Gasteiger partial charge in [0.2, 0.25) is 0 Å². The Bertz CT molecular complexity index is 594. The zero-order chi connectivity index (χ0) is 14.9. The molecule has 2 rings (SSSR count). The Kier molecular flexibility index (Phi) is 4.25. The molecule has 20 heavy (non-hydrogen) atoms. The summed E-state index contributed by atoms with van der Waals surface area (Å²) >= 11 is 11.9. The van der Waals surface area contributed by atoms with Crippen LogP contribution >= 0.6 is 23.2 Å². The summed E-state index contributed by atoms with van der Waals surface area (Å²) < 4.78 is 15.0. The number of halogens is 3. The minimum Gasteiger partial charge on any atom is -0.378 e. The fourth-order valence-corrected chi connectivity index (χ4v) is 2.31. The average molecular weight is 316 g/mol. The zero-order valence-corrected chi connectivity index (χ0v) is 13.1. The van der Waals surface area contributed by atoms with E-state index in [1.807, 2.05) is 10.9 Å². The highest BCUT2D eigenvalue weighted by Crippen LogP contribution is 2.31. The maximum atomic E-state index is 13.1. The van der Waals surface area contributed by atoms with Crippen LogP contribution in [-0.2, 0) is 12.1 Å². The molecule has 0 fully saturated rings. The third-order valence-electron chi connectivity index (χ3n) is 2.80. The van der Waals surface area contributed by atoms with Gasteiger partial charge in [-0.05, 0) is 32.9 Å². The molecule has 1 heterocycles. The molecule has 108 valence electrons. The molecule has 1 aromatic carbocycles. The molecule has 6 heteroatoms. The van der Waals surface area contributed by atoms with Gasteiger partial charge in [-0.15, -0.1) is 0 Å². The number of aromatic nitrogens is 2. The molecule has 0 radical (unpaired) electrons. The summed E-state index contributed by atoms with van der Waals surface area (Å²) in [5, 5.41) is 7.94. The molecular weight excluding hydrogens is 300 g/mol. The number of anilines is 1. The van der Waals surface area contributed by atoms with Crippen LogP contribution in [0.2, 0.25) is 10.0 Å². The highest BCUT2D eigenvalue weighted by Gasteiger charge is 2.14. The SMILES string of the molecule is CC(C)(C)n1cc(CNc2c(Cl)cc(F)cc2Cl)cn1. The molecule has 0 atom stereocenters. The Labute approximate surface area is 127 Å². The lowest BCUT2D eigenvalue weighted by molar-refractivity contribution is 0.355. The van der Waals surface area contributed by atoms with Crippen molar-refractivity contribution in [3.8, 4) is 0 Å². The Morgan fingerprint density at radius 3 is 2.35 bits per heavy atom. The highest BCUT2D eigenvalue weighted by molar-refractivity contribution is 6.39. The Balaban J connectivity index is 2.12. The van der Waals surface area contributed by atoms with Crippen molar-refractivity contribution < 1.29 is 4.39 Å². The smallest absolute Gasteiger partial charge is 0.126 e. The molecule has 0 amide bonds. The highest BCUT2D eigenvalue weighted by atomic mass is 35.5. The van der Waals surface area contributed by atoms with Gasteiger partial charge in [0.1, 0.15) is 5.82 Å². The van der Waals surface area contributed by atoms with Gasteiger partial charge in [-0.3, -0.25) is 4.68 Å². The largest absolute Gasteiger partial charge is 0.378 e. The molecule has 0 aliphatic carbocycles. The van der Waals surface area contributed by atoms with E-state index in [4.69, 9.17) is 23.2 Å². The molecule has 0 bridgehead atoms. The lowest BCUT2D eigenvalue weighted by Crippen LogP contribution is -2.21. The Morgan fingerprint density at radius 2 is 1.85 bits per heavy atom. The molecule has 0 saturated carbocycles. The van der Waals surface area contributed by atoms with Gasteiger partial charge in [-0.1, -0.05) is 23.2 Å². The summed E-state index contributed by atoms with van der Waals surface area (Å²) in [5.41, 5.74) is 1.46. The van der Waals surface area contributed by atoms with E-state index in [1.165, 1.54) is 12.1 Å². The summed E-state index contributed by atoms with van der Waals surface area (Å²) in [7, 11) is 0. The van der Waals surface area contributed by atoms with Crippen molar-refractivity contribution in [3.05, 3.63) is 46.0 Å². The van der Waals surface area contributed by atoms with Crippen molar-refractivity contribution in [3.63, 3.8) is 0 Å². The zero-order valence-electron chi connectivity index (χ0n) is 11.5. The third-order valence-corrected chi connectivity index (χ3v) is 3.40. The second-order valence-electron chi connectivity index (χ2n) is 5.56. The Morgan fingerprint density at radius 1 is 1.25 bits per heavy atom. The first kappa shape index (κ1) is 15.1. The van der Waals surface area contributed by atoms with Gasteiger partial charge in [0, 0.05) is 18.3 Å². The maximum absolute atomic E-state index is 13.1. The van der Waals surface area contributed by atoms with E-state index >= 15 is 0 Å². The number of hydrogen-bond acceptors (Lipinski definition) is 2. The van der Waals surface area contributed by atoms with Gasteiger partial charge in [0.25, 0.3) is 0 Å². The molecule has 0 aliphatic heterocycles. The summed E-state index contributed by atoms with van der Waals surface area (Å²) in [5.74, 6) is -0.453. The number of nitrogens with zero attached hydrogens (tertiary/aromatic N) is 2. The van der Waals surface area contributed by atoms with E-state index in [0.717, 1.165) is 5.56 Å². The summed E-state index contributed by atoms with van der Waals surface area (Å²) in [4.78, 5) is 0. The van der Waals surface area contributed by atoms with E-state index in [0.29, 0.717) is 12.2 Å². The lowest BCUT2D eigenvalue weighted by Gasteiger charge is -2.18. The van der Waals surface area contributed by atoms with E-state index < -0.39 is 5.82 Å². The van der Waals surface area contributed by atoms with Crippen LogP contribution in [-0.4, -0.2) is 9.78 Å². The van der Waals surface area contributed by atoms with Gasteiger partial charge >= 0.3 is 0 Å². The molecule has 0 spiro atoms. The fourth-order valence-electron chi connectivity index (χ4n) is 1.72. The average Bonchev–Trinajstić information content (AvgIpc) is 2.75. The summed E-state index contributed by atoms with van der Waals surface area (Å²) in [6, 6.07) is 2.46. The molecule has 0 aliphatic rings. The maximum Gasteiger partial charge on any atom is 0.126 e. The second-order valence-corrected chi connectivity index (χ2v) is 6.38. The van der Waals surface area contributed by atoms with Crippen LogP contribution in [0.5, 0.6) is 0 Å². The first-order valence-corrected chi connectivity index (χ1v) is 6.95. The third kappa shape index (κ3) is 3.44.